The van der Waals surface area contributed by atoms with Crippen LogP contribution in [0.1, 0.15) is 22.3 Å². The molecule has 0 aliphatic heterocycles. The number of benzene rings is 11. The fourth-order valence-electron chi connectivity index (χ4n) is 10.6. The van der Waals surface area contributed by atoms with Crippen molar-refractivity contribution in [1.82, 2.24) is 0 Å². The maximum atomic E-state index is 2.57. The lowest BCUT2D eigenvalue weighted by molar-refractivity contribution is 0.783. The lowest BCUT2D eigenvalue weighted by Crippen LogP contribution is -2.29. The van der Waals surface area contributed by atoms with Gasteiger partial charge in [-0.25, -0.2) is 0 Å². The van der Waals surface area contributed by atoms with Gasteiger partial charge in [0.25, 0.3) is 0 Å². The third kappa shape index (κ3) is 4.39. The van der Waals surface area contributed by atoms with Crippen LogP contribution in [-0.2, 0) is 5.41 Å². The maximum absolute atomic E-state index is 2.57. The molecule has 0 heterocycles. The van der Waals surface area contributed by atoms with E-state index < -0.39 is 5.41 Å². The largest absolute Gasteiger partial charge is 0.0725 e. The zero-order valence-corrected chi connectivity index (χ0v) is 31.3. The highest BCUT2D eigenvalue weighted by molar-refractivity contribution is 6.26. The zero-order chi connectivity index (χ0) is 37.5. The SMILES string of the molecule is c1ccc(-c2c3ccccc3c(-c3cc4c(c5ccccc35)C(c3ccccc3)(c3ccccc3)c3c-4c4ccccc4c4ccccc34)c3ccccc23)cc1. The molecule has 0 spiro atoms. The van der Waals surface area contributed by atoms with E-state index in [1.807, 2.05) is 0 Å². The minimum absolute atomic E-state index is 0.587. The van der Waals surface area contributed by atoms with Gasteiger partial charge in [0.1, 0.15) is 0 Å². The molecule has 0 radical (unpaired) electrons. The van der Waals surface area contributed by atoms with Crippen molar-refractivity contribution in [3.63, 3.8) is 0 Å². The molecule has 11 aromatic carbocycles. The van der Waals surface area contributed by atoms with Crippen LogP contribution in [0, 0.1) is 0 Å². The van der Waals surface area contributed by atoms with E-state index in [0.29, 0.717) is 0 Å². The van der Waals surface area contributed by atoms with Crippen LogP contribution in [0.15, 0.2) is 218 Å². The molecule has 0 heteroatoms. The van der Waals surface area contributed by atoms with Crippen LogP contribution in [0.25, 0.3) is 87.2 Å². The summed E-state index contributed by atoms with van der Waals surface area (Å²) < 4.78 is 0. The van der Waals surface area contributed by atoms with Crippen molar-refractivity contribution >= 4 is 53.9 Å². The summed E-state index contributed by atoms with van der Waals surface area (Å²) in [5, 5.41) is 12.8. The second kappa shape index (κ2) is 12.4. The third-order valence-corrected chi connectivity index (χ3v) is 12.7. The molecule has 0 unspecified atom stereocenters. The van der Waals surface area contributed by atoms with E-state index in [4.69, 9.17) is 0 Å². The third-order valence-electron chi connectivity index (χ3n) is 12.7. The van der Waals surface area contributed by atoms with Gasteiger partial charge in [0.15, 0.2) is 0 Å². The number of hydrogen-bond donors (Lipinski definition) is 0. The van der Waals surface area contributed by atoms with E-state index in [0.717, 1.165) is 0 Å². The van der Waals surface area contributed by atoms with Gasteiger partial charge in [0.05, 0.1) is 5.41 Å². The Bertz CT molecular complexity index is 3280. The lowest BCUT2D eigenvalue weighted by atomic mass is 9.65. The van der Waals surface area contributed by atoms with E-state index in [1.54, 1.807) is 0 Å². The van der Waals surface area contributed by atoms with Crippen LogP contribution in [0.4, 0.5) is 0 Å². The predicted octanol–water partition coefficient (Wildman–Crippen LogP) is 15.1. The first-order valence-corrected chi connectivity index (χ1v) is 19.9. The second-order valence-corrected chi connectivity index (χ2v) is 15.4. The molecular weight excluding hydrogens is 685 g/mol. The van der Waals surface area contributed by atoms with E-state index in [9.17, 15) is 0 Å². The quantitative estimate of drug-likeness (QED) is 0.125. The highest BCUT2D eigenvalue weighted by Gasteiger charge is 2.49. The summed E-state index contributed by atoms with van der Waals surface area (Å²) >= 11 is 0. The molecule has 1 aliphatic rings. The van der Waals surface area contributed by atoms with Crippen LogP contribution < -0.4 is 0 Å². The summed E-state index contributed by atoms with van der Waals surface area (Å²) in [6.45, 7) is 0. The van der Waals surface area contributed by atoms with Gasteiger partial charge >= 0.3 is 0 Å². The van der Waals surface area contributed by atoms with Crippen molar-refractivity contribution in [3.8, 4) is 33.4 Å². The van der Waals surface area contributed by atoms with Gasteiger partial charge in [-0.05, 0) is 116 Å². The molecule has 57 heavy (non-hydrogen) atoms. The lowest BCUT2D eigenvalue weighted by Gasteiger charge is -2.36. The van der Waals surface area contributed by atoms with Gasteiger partial charge in [-0.2, -0.15) is 0 Å². The minimum atomic E-state index is -0.587. The Labute approximate surface area is 331 Å². The molecular formula is C57H36. The van der Waals surface area contributed by atoms with Crippen molar-refractivity contribution in [2.45, 2.75) is 5.41 Å². The minimum Gasteiger partial charge on any atom is -0.0622 e. The molecule has 11 aromatic rings. The first kappa shape index (κ1) is 32.0. The predicted molar refractivity (Wildman–Crippen MR) is 242 cm³/mol. The average Bonchev–Trinajstić information content (AvgIpc) is 3.61. The van der Waals surface area contributed by atoms with Crippen LogP contribution in [0.3, 0.4) is 0 Å². The van der Waals surface area contributed by atoms with Gasteiger partial charge in [-0.3, -0.25) is 0 Å². The molecule has 0 saturated heterocycles. The number of fused-ring (bicyclic) bond motifs is 12. The molecule has 0 atom stereocenters. The first-order valence-electron chi connectivity index (χ1n) is 19.9. The van der Waals surface area contributed by atoms with E-state index in [-0.39, 0.29) is 0 Å². The van der Waals surface area contributed by atoms with Gasteiger partial charge in [0.2, 0.25) is 0 Å². The van der Waals surface area contributed by atoms with Crippen LogP contribution in [0.5, 0.6) is 0 Å². The van der Waals surface area contributed by atoms with Gasteiger partial charge < -0.3 is 0 Å². The summed E-state index contributed by atoms with van der Waals surface area (Å²) in [6, 6.07) is 81.5. The molecule has 0 amide bonds. The van der Waals surface area contributed by atoms with Gasteiger partial charge in [-0.15, -0.1) is 0 Å². The Morgan fingerprint density at radius 2 is 0.579 bits per heavy atom. The summed E-state index contributed by atoms with van der Waals surface area (Å²) in [5.41, 5.74) is 12.4. The molecule has 264 valence electrons. The Kier molecular flexibility index (Phi) is 6.94. The fourth-order valence-corrected chi connectivity index (χ4v) is 10.6. The molecule has 0 aromatic heterocycles. The molecule has 0 bridgehead atoms. The molecule has 1 aliphatic carbocycles. The van der Waals surface area contributed by atoms with Crippen molar-refractivity contribution in [2.75, 3.05) is 0 Å². The summed E-state index contributed by atoms with van der Waals surface area (Å²) in [4.78, 5) is 0. The molecule has 12 rings (SSSR count). The first-order chi connectivity index (χ1) is 28.3. The average molecular weight is 721 g/mol. The second-order valence-electron chi connectivity index (χ2n) is 15.4. The van der Waals surface area contributed by atoms with Crippen molar-refractivity contribution in [1.29, 1.82) is 0 Å². The molecule has 0 nitrogen and oxygen atoms in total. The smallest absolute Gasteiger partial charge is 0.0622 e. The van der Waals surface area contributed by atoms with Crippen molar-refractivity contribution in [2.24, 2.45) is 0 Å². The maximum Gasteiger partial charge on any atom is 0.0725 e. The van der Waals surface area contributed by atoms with E-state index in [1.165, 1.54) is 109 Å². The standard InChI is InChI=1S/C57H36/c1-4-20-37(21-5-1)52-44-30-14-16-32-46(44)53(47-33-17-15-31-45(47)52)50-36-51-54-43-29-13-10-26-40(43)41-27-11-19-35-49(41)56(54)57(38-22-6-2-7-23-38,39-24-8-3-9-25-39)55(51)48-34-18-12-28-42(48)50/h1-36H. The summed E-state index contributed by atoms with van der Waals surface area (Å²) in [7, 11) is 0. The molecule has 0 saturated carbocycles. The summed E-state index contributed by atoms with van der Waals surface area (Å²) in [6.07, 6.45) is 0. The van der Waals surface area contributed by atoms with Crippen LogP contribution in [0.2, 0.25) is 0 Å². The highest BCUT2D eigenvalue weighted by Crippen LogP contribution is 2.63. The zero-order valence-electron chi connectivity index (χ0n) is 31.3. The van der Waals surface area contributed by atoms with E-state index in [2.05, 4.69) is 218 Å². The Morgan fingerprint density at radius 1 is 0.228 bits per heavy atom. The van der Waals surface area contributed by atoms with Gasteiger partial charge in [-0.1, -0.05) is 212 Å². The Hall–Kier alpha value is -7.28. The normalized spacial score (nSPS) is 13.1. The number of rotatable bonds is 4. The number of hydrogen-bond acceptors (Lipinski definition) is 0. The highest BCUT2D eigenvalue weighted by atomic mass is 14.5. The monoisotopic (exact) mass is 720 g/mol. The Balaban J connectivity index is 1.33. The van der Waals surface area contributed by atoms with Crippen LogP contribution >= 0.6 is 0 Å². The van der Waals surface area contributed by atoms with E-state index >= 15 is 0 Å². The van der Waals surface area contributed by atoms with Crippen molar-refractivity contribution < 1.29 is 0 Å². The van der Waals surface area contributed by atoms with Gasteiger partial charge in [0, 0.05) is 0 Å². The van der Waals surface area contributed by atoms with Crippen molar-refractivity contribution in [3.05, 3.63) is 241 Å². The van der Waals surface area contributed by atoms with Crippen LogP contribution in [-0.4, -0.2) is 0 Å². The fraction of sp³-hybridized carbons (Fsp3) is 0.0175. The topological polar surface area (TPSA) is 0 Å². The summed E-state index contributed by atoms with van der Waals surface area (Å²) in [5.74, 6) is 0. The molecule has 0 fully saturated rings. The molecule has 0 N–H and O–H groups in total. The Morgan fingerprint density at radius 3 is 1.09 bits per heavy atom.